The summed E-state index contributed by atoms with van der Waals surface area (Å²) in [5.41, 5.74) is 5.83. The van der Waals surface area contributed by atoms with Gasteiger partial charge in [0.2, 0.25) is 0 Å². The molecular weight excluding hydrogens is 294 g/mol. The summed E-state index contributed by atoms with van der Waals surface area (Å²) in [5.74, 6) is -2.29. The van der Waals surface area contributed by atoms with Crippen molar-refractivity contribution >= 4 is 23.9 Å². The third-order valence-corrected chi connectivity index (χ3v) is 2.93. The van der Waals surface area contributed by atoms with E-state index in [9.17, 15) is 19.2 Å². The number of primary amides is 1. The lowest BCUT2D eigenvalue weighted by Gasteiger charge is -2.11. The minimum absolute atomic E-state index is 0.0247. The van der Waals surface area contributed by atoms with Gasteiger partial charge in [-0.3, -0.25) is 10.1 Å². The molecule has 0 bridgehead atoms. The zero-order chi connectivity index (χ0) is 17.0. The number of urea groups is 1. The van der Waals surface area contributed by atoms with Crippen molar-refractivity contribution in [1.82, 2.24) is 10.3 Å². The lowest BCUT2D eigenvalue weighted by molar-refractivity contribution is -0.127. The fourth-order valence-corrected chi connectivity index (χ4v) is 1.86. The third kappa shape index (κ3) is 3.62. The topological polar surface area (TPSA) is 141 Å². The minimum Gasteiger partial charge on any atom is -0.465 e. The number of esters is 2. The number of amides is 3. The highest BCUT2D eigenvalue weighted by Gasteiger charge is 2.26. The number of nitrogens with two attached hydrogens (primary N) is 1. The summed E-state index contributed by atoms with van der Waals surface area (Å²) in [5, 5.41) is 1.80. The monoisotopic (exact) mass is 311 g/mol. The maximum absolute atomic E-state index is 12.0. The molecule has 120 valence electrons. The van der Waals surface area contributed by atoms with Crippen LogP contribution in [0.5, 0.6) is 0 Å². The van der Waals surface area contributed by atoms with Crippen LogP contribution in [0.2, 0.25) is 0 Å². The Bertz CT molecular complexity index is 634. The van der Waals surface area contributed by atoms with E-state index in [0.29, 0.717) is 11.3 Å². The first-order valence-electron chi connectivity index (χ1n) is 6.27. The summed E-state index contributed by atoms with van der Waals surface area (Å²) in [6.45, 7) is 4.42. The maximum Gasteiger partial charge on any atom is 0.355 e. The van der Waals surface area contributed by atoms with E-state index in [2.05, 4.69) is 9.72 Å². The molecule has 0 fully saturated rings. The Balaban J connectivity index is 2.93. The van der Waals surface area contributed by atoms with Crippen LogP contribution >= 0.6 is 0 Å². The molecule has 0 radical (unpaired) electrons. The number of methoxy groups -OCH3 is 1. The second kappa shape index (κ2) is 6.74. The van der Waals surface area contributed by atoms with Gasteiger partial charge in [0.05, 0.1) is 12.7 Å². The van der Waals surface area contributed by atoms with Gasteiger partial charge in [-0.2, -0.15) is 0 Å². The smallest absolute Gasteiger partial charge is 0.355 e. The van der Waals surface area contributed by atoms with Crippen molar-refractivity contribution in [3.8, 4) is 0 Å². The summed E-state index contributed by atoms with van der Waals surface area (Å²) in [6.07, 6.45) is -1.23. The first-order chi connectivity index (χ1) is 10.2. The molecule has 1 unspecified atom stereocenters. The zero-order valence-corrected chi connectivity index (χ0v) is 12.6. The number of nitrogens with one attached hydrogen (secondary N) is 2. The van der Waals surface area contributed by atoms with Gasteiger partial charge in [0.25, 0.3) is 5.91 Å². The normalized spacial score (nSPS) is 11.5. The second-order valence-electron chi connectivity index (χ2n) is 4.52. The predicted molar refractivity (Wildman–Crippen MR) is 74.2 cm³/mol. The van der Waals surface area contributed by atoms with Crippen LogP contribution in [0.15, 0.2) is 0 Å². The van der Waals surface area contributed by atoms with Crippen molar-refractivity contribution < 1.29 is 28.7 Å². The molecule has 0 spiro atoms. The fourth-order valence-electron chi connectivity index (χ4n) is 1.86. The number of aromatic nitrogens is 1. The van der Waals surface area contributed by atoms with Crippen molar-refractivity contribution in [3.05, 3.63) is 22.5 Å². The highest BCUT2D eigenvalue weighted by molar-refractivity contribution is 6.00. The van der Waals surface area contributed by atoms with Crippen molar-refractivity contribution in [2.75, 3.05) is 7.11 Å². The Labute approximate surface area is 126 Å². The number of aryl methyl sites for hydroxylation is 1. The van der Waals surface area contributed by atoms with Crippen LogP contribution in [0.25, 0.3) is 0 Å². The summed E-state index contributed by atoms with van der Waals surface area (Å²) >= 11 is 0. The van der Waals surface area contributed by atoms with E-state index < -0.39 is 30.0 Å². The van der Waals surface area contributed by atoms with E-state index in [-0.39, 0.29) is 11.3 Å². The number of carbonyl (C=O) groups excluding carboxylic acids is 4. The number of H-pyrrole nitrogens is 1. The van der Waals surface area contributed by atoms with Gasteiger partial charge in [-0.25, -0.2) is 14.4 Å². The molecule has 4 N–H and O–H groups in total. The van der Waals surface area contributed by atoms with Gasteiger partial charge in [-0.1, -0.05) is 0 Å². The van der Waals surface area contributed by atoms with Crippen molar-refractivity contribution in [2.24, 2.45) is 5.73 Å². The SMILES string of the molecule is COC(=O)c1c(C)[nH]c(C(=O)OC(C)C(=O)NC(N)=O)c1C. The van der Waals surface area contributed by atoms with E-state index in [4.69, 9.17) is 10.5 Å². The van der Waals surface area contributed by atoms with Gasteiger partial charge in [-0.05, 0) is 26.3 Å². The average molecular weight is 311 g/mol. The predicted octanol–water partition coefficient (Wildman–Crippen LogP) is 0.158. The largest absolute Gasteiger partial charge is 0.465 e. The van der Waals surface area contributed by atoms with Gasteiger partial charge >= 0.3 is 18.0 Å². The lowest BCUT2D eigenvalue weighted by Crippen LogP contribution is -2.42. The molecule has 0 saturated heterocycles. The van der Waals surface area contributed by atoms with Gasteiger partial charge in [0.1, 0.15) is 5.69 Å². The maximum atomic E-state index is 12.0. The molecule has 0 aliphatic heterocycles. The molecule has 3 amide bonds. The van der Waals surface area contributed by atoms with Crippen LogP contribution < -0.4 is 11.1 Å². The third-order valence-electron chi connectivity index (χ3n) is 2.93. The molecular formula is C13H17N3O6. The lowest BCUT2D eigenvalue weighted by atomic mass is 10.1. The van der Waals surface area contributed by atoms with Crippen LogP contribution in [0, 0.1) is 13.8 Å². The number of rotatable bonds is 4. The molecule has 9 nitrogen and oxygen atoms in total. The van der Waals surface area contributed by atoms with Crippen LogP contribution in [0.4, 0.5) is 4.79 Å². The van der Waals surface area contributed by atoms with Crippen molar-refractivity contribution in [2.45, 2.75) is 26.9 Å². The number of hydrogen-bond acceptors (Lipinski definition) is 6. The Morgan fingerprint density at radius 2 is 1.77 bits per heavy atom. The van der Waals surface area contributed by atoms with Crippen molar-refractivity contribution in [3.63, 3.8) is 0 Å². The molecule has 0 aromatic carbocycles. The Morgan fingerprint density at radius 3 is 2.27 bits per heavy atom. The molecule has 0 aliphatic rings. The number of ether oxygens (including phenoxy) is 2. The molecule has 1 atom stereocenters. The molecule has 1 heterocycles. The van der Waals surface area contributed by atoms with E-state index in [1.165, 1.54) is 14.0 Å². The minimum atomic E-state index is -1.23. The van der Waals surface area contributed by atoms with Crippen LogP contribution in [-0.4, -0.2) is 42.1 Å². The highest BCUT2D eigenvalue weighted by atomic mass is 16.5. The molecule has 22 heavy (non-hydrogen) atoms. The number of hydrogen-bond donors (Lipinski definition) is 3. The number of imide groups is 1. The van der Waals surface area contributed by atoms with Crippen LogP contribution in [0.3, 0.4) is 0 Å². The Hall–Kier alpha value is -2.84. The standard InChI is InChI=1S/C13H17N3O6/c1-5-8(11(18)21-4)6(2)15-9(5)12(19)22-7(3)10(17)16-13(14)20/h7,15H,1-4H3,(H3,14,16,17,20). The van der Waals surface area contributed by atoms with E-state index in [1.807, 2.05) is 0 Å². The molecule has 1 rings (SSSR count). The molecule has 0 saturated carbocycles. The van der Waals surface area contributed by atoms with Gasteiger partial charge in [0.15, 0.2) is 6.10 Å². The van der Waals surface area contributed by atoms with Gasteiger partial charge in [0, 0.05) is 5.69 Å². The second-order valence-corrected chi connectivity index (χ2v) is 4.52. The van der Waals surface area contributed by atoms with E-state index in [0.717, 1.165) is 0 Å². The van der Waals surface area contributed by atoms with E-state index >= 15 is 0 Å². The van der Waals surface area contributed by atoms with Crippen molar-refractivity contribution in [1.29, 1.82) is 0 Å². The number of aromatic amines is 1. The molecule has 1 aromatic heterocycles. The molecule has 9 heteroatoms. The molecule has 1 aromatic rings. The fraction of sp³-hybridized carbons (Fsp3) is 0.385. The van der Waals surface area contributed by atoms with E-state index in [1.54, 1.807) is 19.2 Å². The Morgan fingerprint density at radius 1 is 1.18 bits per heavy atom. The number of carbonyl (C=O) groups is 4. The van der Waals surface area contributed by atoms with Crippen LogP contribution in [-0.2, 0) is 14.3 Å². The van der Waals surface area contributed by atoms with Crippen LogP contribution in [0.1, 0.15) is 39.0 Å². The van der Waals surface area contributed by atoms with Gasteiger partial charge < -0.3 is 20.2 Å². The summed E-state index contributed by atoms with van der Waals surface area (Å²) in [4.78, 5) is 48.4. The highest BCUT2D eigenvalue weighted by Crippen LogP contribution is 2.20. The summed E-state index contributed by atoms with van der Waals surface area (Å²) in [6, 6.07) is -1.05. The Kier molecular flexibility index (Phi) is 5.28. The summed E-state index contributed by atoms with van der Waals surface area (Å²) < 4.78 is 9.55. The summed E-state index contributed by atoms with van der Waals surface area (Å²) in [7, 11) is 1.22. The first-order valence-corrected chi connectivity index (χ1v) is 6.27. The average Bonchev–Trinajstić information content (AvgIpc) is 2.72. The van der Waals surface area contributed by atoms with Gasteiger partial charge in [-0.15, -0.1) is 0 Å². The zero-order valence-electron chi connectivity index (χ0n) is 12.6. The first kappa shape index (κ1) is 17.2. The quantitative estimate of drug-likeness (QED) is 0.676. The molecule has 0 aliphatic carbocycles.